The van der Waals surface area contributed by atoms with Gasteiger partial charge in [0.2, 0.25) is 0 Å². The molecule has 0 bridgehead atoms. The van der Waals surface area contributed by atoms with Gasteiger partial charge in [0.25, 0.3) is 0 Å². The Bertz CT molecular complexity index is 1970. The van der Waals surface area contributed by atoms with Crippen LogP contribution in [0.25, 0.3) is 56.2 Å². The maximum Gasteiger partial charge on any atom is 0.160 e. The number of rotatable bonds is 4. The number of hydrogen-bond acceptors (Lipinski definition) is 3. The first-order chi connectivity index (χ1) is 21.7. The molecule has 0 atom stereocenters. The van der Waals surface area contributed by atoms with Crippen LogP contribution in [0.5, 0.6) is 0 Å². The number of fused-ring (bicyclic) bond motifs is 5. The quantitative estimate of drug-likeness (QED) is 0.214. The molecular formula is C41H31N3. The molecule has 1 heterocycles. The zero-order valence-electron chi connectivity index (χ0n) is 24.5. The second-order valence-corrected chi connectivity index (χ2v) is 12.0. The van der Waals surface area contributed by atoms with E-state index in [4.69, 9.17) is 9.97 Å². The molecule has 0 aliphatic heterocycles. The Morgan fingerprint density at radius 2 is 1.16 bits per heavy atom. The Labute approximate surface area is 258 Å². The Kier molecular flexibility index (Phi) is 6.42. The van der Waals surface area contributed by atoms with Crippen LogP contribution >= 0.6 is 0 Å². The normalized spacial score (nSPS) is 14.5. The standard InChI is InChI=1S/C41H31N3/c42-27-28-17-22-34-36(25-28)41(23-8-3-9-24-41)35-16-10-15-33(39(34)35)29-18-20-31(21-19-29)38-26-37(30-11-4-1-5-12-30)43-40(44-38)32-13-6-2-7-14-32/h1-2,4-7,10-22,25-26H,3,8-9,23-24H2. The summed E-state index contributed by atoms with van der Waals surface area (Å²) in [5, 5.41) is 9.73. The molecule has 210 valence electrons. The smallest absolute Gasteiger partial charge is 0.160 e. The van der Waals surface area contributed by atoms with Crippen molar-refractivity contribution < 1.29 is 0 Å². The van der Waals surface area contributed by atoms with E-state index < -0.39 is 0 Å². The van der Waals surface area contributed by atoms with E-state index >= 15 is 0 Å². The number of benzene rings is 5. The van der Waals surface area contributed by atoms with Crippen molar-refractivity contribution in [3.8, 4) is 62.2 Å². The Balaban J connectivity index is 1.23. The summed E-state index contributed by atoms with van der Waals surface area (Å²) in [4.78, 5) is 9.97. The third-order valence-electron chi connectivity index (χ3n) is 9.54. The predicted octanol–water partition coefficient (Wildman–Crippen LogP) is 10.2. The molecule has 2 aliphatic rings. The van der Waals surface area contributed by atoms with Gasteiger partial charge < -0.3 is 0 Å². The molecule has 1 saturated carbocycles. The van der Waals surface area contributed by atoms with Crippen LogP contribution < -0.4 is 0 Å². The van der Waals surface area contributed by atoms with Crippen LogP contribution in [0.2, 0.25) is 0 Å². The summed E-state index contributed by atoms with van der Waals surface area (Å²) < 4.78 is 0. The highest BCUT2D eigenvalue weighted by atomic mass is 14.9. The average Bonchev–Trinajstić information content (AvgIpc) is 3.37. The minimum absolute atomic E-state index is 0.00830. The Hall–Kier alpha value is -5.33. The van der Waals surface area contributed by atoms with Crippen LogP contribution in [0.4, 0.5) is 0 Å². The van der Waals surface area contributed by atoms with Crippen LogP contribution in [0.1, 0.15) is 48.8 Å². The summed E-state index contributed by atoms with van der Waals surface area (Å²) in [5.74, 6) is 0.720. The topological polar surface area (TPSA) is 49.6 Å². The molecule has 0 radical (unpaired) electrons. The predicted molar refractivity (Wildman–Crippen MR) is 178 cm³/mol. The van der Waals surface area contributed by atoms with Crippen molar-refractivity contribution in [2.75, 3.05) is 0 Å². The van der Waals surface area contributed by atoms with E-state index in [1.54, 1.807) is 0 Å². The van der Waals surface area contributed by atoms with E-state index in [9.17, 15) is 5.26 Å². The first-order valence-electron chi connectivity index (χ1n) is 15.5. The summed E-state index contributed by atoms with van der Waals surface area (Å²) in [6, 6.07) is 46.9. The molecule has 0 saturated heterocycles. The summed E-state index contributed by atoms with van der Waals surface area (Å²) in [7, 11) is 0. The van der Waals surface area contributed by atoms with Crippen molar-refractivity contribution in [3.63, 3.8) is 0 Å². The lowest BCUT2D eigenvalue weighted by Crippen LogP contribution is -2.28. The number of aromatic nitrogens is 2. The van der Waals surface area contributed by atoms with Crippen LogP contribution in [0, 0.1) is 11.3 Å². The molecule has 44 heavy (non-hydrogen) atoms. The molecule has 8 rings (SSSR count). The second kappa shape index (κ2) is 10.7. The van der Waals surface area contributed by atoms with E-state index in [-0.39, 0.29) is 5.41 Å². The van der Waals surface area contributed by atoms with Crippen molar-refractivity contribution in [1.82, 2.24) is 9.97 Å². The average molecular weight is 566 g/mol. The summed E-state index contributed by atoms with van der Waals surface area (Å²) in [5.41, 5.74) is 13.5. The molecule has 1 spiro atoms. The van der Waals surface area contributed by atoms with Crippen molar-refractivity contribution in [2.24, 2.45) is 0 Å². The number of nitrogens with zero attached hydrogens (tertiary/aromatic N) is 3. The SMILES string of the molecule is N#Cc1ccc2c(c1)C1(CCCCC1)c1cccc(-c3ccc(-c4cc(-c5ccccc5)nc(-c5ccccc5)n4)cc3)c1-2. The van der Waals surface area contributed by atoms with Gasteiger partial charge in [-0.3, -0.25) is 0 Å². The zero-order chi connectivity index (χ0) is 29.5. The van der Waals surface area contributed by atoms with E-state index in [0.717, 1.165) is 52.3 Å². The first kappa shape index (κ1) is 26.3. The van der Waals surface area contributed by atoms with E-state index in [0.29, 0.717) is 0 Å². The minimum Gasteiger partial charge on any atom is -0.228 e. The van der Waals surface area contributed by atoms with Gasteiger partial charge in [0.1, 0.15) is 0 Å². The molecule has 1 fully saturated rings. The van der Waals surface area contributed by atoms with E-state index in [2.05, 4.69) is 91.0 Å². The monoisotopic (exact) mass is 565 g/mol. The van der Waals surface area contributed by atoms with Gasteiger partial charge in [-0.25, -0.2) is 9.97 Å². The van der Waals surface area contributed by atoms with Crippen LogP contribution in [-0.4, -0.2) is 9.97 Å². The van der Waals surface area contributed by atoms with Gasteiger partial charge in [0, 0.05) is 22.1 Å². The number of hydrogen-bond donors (Lipinski definition) is 0. The lowest BCUT2D eigenvalue weighted by atomic mass is 9.67. The second-order valence-electron chi connectivity index (χ2n) is 12.0. The largest absolute Gasteiger partial charge is 0.228 e. The molecule has 3 heteroatoms. The fourth-order valence-corrected chi connectivity index (χ4v) is 7.44. The Morgan fingerprint density at radius 1 is 0.523 bits per heavy atom. The third-order valence-corrected chi connectivity index (χ3v) is 9.54. The summed E-state index contributed by atoms with van der Waals surface area (Å²) in [6.45, 7) is 0. The highest BCUT2D eigenvalue weighted by Crippen LogP contribution is 2.58. The maximum atomic E-state index is 9.73. The number of nitriles is 1. The van der Waals surface area contributed by atoms with Gasteiger partial charge in [-0.05, 0) is 64.4 Å². The molecule has 5 aromatic carbocycles. The highest BCUT2D eigenvalue weighted by Gasteiger charge is 2.44. The van der Waals surface area contributed by atoms with Crippen molar-refractivity contribution in [2.45, 2.75) is 37.5 Å². The van der Waals surface area contributed by atoms with Gasteiger partial charge in [-0.2, -0.15) is 5.26 Å². The van der Waals surface area contributed by atoms with Gasteiger partial charge in [-0.15, -0.1) is 0 Å². The highest BCUT2D eigenvalue weighted by molar-refractivity contribution is 5.93. The lowest BCUT2D eigenvalue weighted by molar-refractivity contribution is 0.353. The summed E-state index contributed by atoms with van der Waals surface area (Å²) >= 11 is 0. The van der Waals surface area contributed by atoms with Gasteiger partial charge in [-0.1, -0.05) is 128 Å². The van der Waals surface area contributed by atoms with E-state index in [1.165, 1.54) is 52.6 Å². The van der Waals surface area contributed by atoms with Crippen LogP contribution in [0.15, 0.2) is 127 Å². The Morgan fingerprint density at radius 3 is 1.84 bits per heavy atom. The first-order valence-corrected chi connectivity index (χ1v) is 15.5. The molecule has 6 aromatic rings. The molecule has 2 aliphatic carbocycles. The molecule has 3 nitrogen and oxygen atoms in total. The van der Waals surface area contributed by atoms with Gasteiger partial charge >= 0.3 is 0 Å². The van der Waals surface area contributed by atoms with Crippen LogP contribution in [-0.2, 0) is 5.41 Å². The van der Waals surface area contributed by atoms with Gasteiger partial charge in [0.05, 0.1) is 23.0 Å². The van der Waals surface area contributed by atoms with E-state index in [1.807, 2.05) is 42.5 Å². The molecule has 0 N–H and O–H groups in total. The summed E-state index contributed by atoms with van der Waals surface area (Å²) in [6.07, 6.45) is 6.02. The molecule has 0 unspecified atom stereocenters. The molecule has 1 aromatic heterocycles. The molecular weight excluding hydrogens is 534 g/mol. The third kappa shape index (κ3) is 4.34. The van der Waals surface area contributed by atoms with Gasteiger partial charge in [0.15, 0.2) is 5.82 Å². The minimum atomic E-state index is 0.00830. The van der Waals surface area contributed by atoms with Crippen LogP contribution in [0.3, 0.4) is 0 Å². The van der Waals surface area contributed by atoms with Crippen molar-refractivity contribution in [3.05, 3.63) is 144 Å². The lowest BCUT2D eigenvalue weighted by Gasteiger charge is -2.36. The fraction of sp³-hybridized carbons (Fsp3) is 0.146. The van der Waals surface area contributed by atoms with Crippen molar-refractivity contribution >= 4 is 0 Å². The maximum absolute atomic E-state index is 9.73. The fourth-order valence-electron chi connectivity index (χ4n) is 7.44. The molecule has 0 amide bonds. The van der Waals surface area contributed by atoms with Crippen molar-refractivity contribution in [1.29, 1.82) is 5.26 Å². The zero-order valence-corrected chi connectivity index (χ0v) is 24.5.